The minimum absolute atomic E-state index is 0.00104. The Hall–Kier alpha value is -5.01. The normalized spacial score (nSPS) is 12.9. The minimum Gasteiger partial charge on any atom is -0.508 e. The molecule has 0 aliphatic heterocycles. The van der Waals surface area contributed by atoms with Gasteiger partial charge in [0.25, 0.3) is 0 Å². The Morgan fingerprint density at radius 3 is 2.17 bits per heavy atom. The lowest BCUT2D eigenvalue weighted by atomic mass is 9.86. The molecule has 0 aliphatic rings. The van der Waals surface area contributed by atoms with Crippen molar-refractivity contribution < 1.29 is 35.1 Å². The monoisotopic (exact) mass is 566 g/mol. The van der Waals surface area contributed by atoms with Crippen LogP contribution in [0.3, 0.4) is 0 Å². The molecular formula is C35H34O7. The third kappa shape index (κ3) is 7.59. The quantitative estimate of drug-likeness (QED) is 0.0754. The van der Waals surface area contributed by atoms with E-state index < -0.39 is 23.6 Å². The summed E-state index contributed by atoms with van der Waals surface area (Å²) in [4.78, 5) is 13.3. The zero-order chi connectivity index (χ0) is 30.1. The SMILES string of the molecule is COc1cc(O)c([C@@H](/C=C/C[C@H](O)CCc2ccccc2)c2ccc(O)cc2)c(O)c1C(=O)/C=C\c1ccc(O)cc1. The molecule has 0 spiro atoms. The number of methoxy groups -OCH3 is 1. The summed E-state index contributed by atoms with van der Waals surface area (Å²) >= 11 is 0. The number of benzene rings is 4. The van der Waals surface area contributed by atoms with Crippen LogP contribution in [0.4, 0.5) is 0 Å². The Morgan fingerprint density at radius 2 is 1.52 bits per heavy atom. The molecular weight excluding hydrogens is 532 g/mol. The number of rotatable bonds is 12. The summed E-state index contributed by atoms with van der Waals surface area (Å²) in [6.45, 7) is 0. The molecule has 0 aromatic heterocycles. The maximum Gasteiger partial charge on any atom is 0.193 e. The Morgan fingerprint density at radius 1 is 0.881 bits per heavy atom. The van der Waals surface area contributed by atoms with E-state index in [9.17, 15) is 30.3 Å². The number of carbonyl (C=O) groups is 1. The average Bonchev–Trinajstić information content (AvgIpc) is 2.99. The van der Waals surface area contributed by atoms with Gasteiger partial charge in [0.1, 0.15) is 34.3 Å². The Kier molecular flexibility index (Phi) is 10.0. The fourth-order valence-corrected chi connectivity index (χ4v) is 4.72. The number of ketones is 1. The van der Waals surface area contributed by atoms with Crippen LogP contribution in [0.15, 0.2) is 103 Å². The number of aryl methyl sites for hydroxylation is 1. The number of hydrogen-bond donors (Lipinski definition) is 5. The van der Waals surface area contributed by atoms with E-state index >= 15 is 0 Å². The first kappa shape index (κ1) is 30.0. The van der Waals surface area contributed by atoms with Gasteiger partial charge in [0.05, 0.1) is 13.2 Å². The lowest BCUT2D eigenvalue weighted by molar-refractivity contribution is 0.104. The van der Waals surface area contributed by atoms with Gasteiger partial charge >= 0.3 is 0 Å². The van der Waals surface area contributed by atoms with Crippen molar-refractivity contribution in [2.45, 2.75) is 31.3 Å². The highest BCUT2D eigenvalue weighted by Gasteiger charge is 2.27. The fourth-order valence-electron chi connectivity index (χ4n) is 4.72. The molecule has 216 valence electrons. The molecule has 0 saturated carbocycles. The number of aliphatic hydroxyl groups is 1. The molecule has 0 saturated heterocycles. The second kappa shape index (κ2) is 14.1. The zero-order valence-corrected chi connectivity index (χ0v) is 23.2. The number of aromatic hydroxyl groups is 4. The van der Waals surface area contributed by atoms with E-state index in [-0.39, 0.29) is 34.1 Å². The molecule has 0 heterocycles. The number of ether oxygens (including phenoxy) is 1. The second-order valence-corrected chi connectivity index (χ2v) is 9.94. The lowest BCUT2D eigenvalue weighted by Crippen LogP contribution is -2.08. The number of hydrogen-bond acceptors (Lipinski definition) is 7. The van der Waals surface area contributed by atoms with Crippen LogP contribution in [-0.2, 0) is 6.42 Å². The molecule has 7 heteroatoms. The molecule has 4 rings (SSSR count). The molecule has 5 N–H and O–H groups in total. The van der Waals surface area contributed by atoms with E-state index in [1.807, 2.05) is 30.3 Å². The molecule has 42 heavy (non-hydrogen) atoms. The van der Waals surface area contributed by atoms with Gasteiger partial charge in [-0.2, -0.15) is 0 Å². The molecule has 4 aromatic rings. The molecule has 0 bridgehead atoms. The van der Waals surface area contributed by atoms with Crippen molar-refractivity contribution in [1.29, 1.82) is 0 Å². The van der Waals surface area contributed by atoms with Crippen LogP contribution in [0.1, 0.15) is 51.4 Å². The van der Waals surface area contributed by atoms with E-state index in [0.29, 0.717) is 24.0 Å². The molecule has 0 amide bonds. The van der Waals surface area contributed by atoms with Gasteiger partial charge in [0.2, 0.25) is 0 Å². The standard InChI is InChI=1S/C35H34O7/c1-42-32-22-31(40)33(35(41)34(32)30(39)21-13-24-11-17-27(37)18-12-24)29(25-14-19-28(38)20-15-25)9-5-8-26(36)16-10-23-6-3-2-4-7-23/h2-7,9,11-15,17-22,26,29,36-38,40-41H,8,10,16H2,1H3/b9-5+,21-13-/t26-,29-/m0/s1. The van der Waals surface area contributed by atoms with Gasteiger partial charge in [-0.15, -0.1) is 0 Å². The molecule has 0 aliphatic carbocycles. The molecule has 7 nitrogen and oxygen atoms in total. The van der Waals surface area contributed by atoms with Crippen molar-refractivity contribution in [1.82, 2.24) is 0 Å². The van der Waals surface area contributed by atoms with Crippen molar-refractivity contribution in [2.75, 3.05) is 7.11 Å². The smallest absolute Gasteiger partial charge is 0.193 e. The topological polar surface area (TPSA) is 127 Å². The maximum atomic E-state index is 13.3. The third-order valence-corrected chi connectivity index (χ3v) is 6.98. The van der Waals surface area contributed by atoms with E-state index in [2.05, 4.69) is 0 Å². The third-order valence-electron chi connectivity index (χ3n) is 6.98. The van der Waals surface area contributed by atoms with Crippen molar-refractivity contribution in [3.8, 4) is 28.7 Å². The molecule has 0 radical (unpaired) electrons. The summed E-state index contributed by atoms with van der Waals surface area (Å²) in [6, 6.07) is 23.7. The van der Waals surface area contributed by atoms with Crippen LogP contribution in [-0.4, -0.2) is 44.5 Å². The van der Waals surface area contributed by atoms with E-state index in [4.69, 9.17) is 4.74 Å². The number of phenolic OH excluding ortho intramolecular Hbond substituents is 4. The number of phenols is 4. The first-order chi connectivity index (χ1) is 20.3. The Bertz CT molecular complexity index is 1540. The van der Waals surface area contributed by atoms with Crippen molar-refractivity contribution >= 4 is 11.9 Å². The Balaban J connectivity index is 1.65. The number of allylic oxidation sites excluding steroid dienone is 2. The lowest BCUT2D eigenvalue weighted by Gasteiger charge is -2.20. The van der Waals surface area contributed by atoms with Crippen molar-refractivity contribution in [2.24, 2.45) is 0 Å². The van der Waals surface area contributed by atoms with Crippen molar-refractivity contribution in [3.05, 3.63) is 131 Å². The molecule has 0 fully saturated rings. The highest BCUT2D eigenvalue weighted by atomic mass is 16.5. The van der Waals surface area contributed by atoms with Gasteiger partial charge < -0.3 is 30.3 Å². The summed E-state index contributed by atoms with van der Waals surface area (Å²) in [7, 11) is 1.34. The van der Waals surface area contributed by atoms with Gasteiger partial charge in [-0.25, -0.2) is 0 Å². The fraction of sp³-hybridized carbons (Fsp3) is 0.171. The zero-order valence-electron chi connectivity index (χ0n) is 23.2. The molecule has 4 aromatic carbocycles. The average molecular weight is 567 g/mol. The van der Waals surface area contributed by atoms with Crippen LogP contribution in [0.2, 0.25) is 0 Å². The minimum atomic E-state index is -0.717. The first-order valence-corrected chi connectivity index (χ1v) is 13.6. The van der Waals surface area contributed by atoms with Crippen molar-refractivity contribution in [3.63, 3.8) is 0 Å². The largest absolute Gasteiger partial charge is 0.508 e. The first-order valence-electron chi connectivity index (χ1n) is 13.6. The van der Waals surface area contributed by atoms with Crippen LogP contribution >= 0.6 is 0 Å². The van der Waals surface area contributed by atoms with Crippen LogP contribution < -0.4 is 4.74 Å². The Labute approximate surface area is 244 Å². The van der Waals surface area contributed by atoms with Crippen LogP contribution in [0.5, 0.6) is 28.7 Å². The van der Waals surface area contributed by atoms with Gasteiger partial charge in [-0.3, -0.25) is 4.79 Å². The van der Waals surface area contributed by atoms with E-state index in [1.54, 1.807) is 42.5 Å². The van der Waals surface area contributed by atoms with E-state index in [0.717, 1.165) is 12.0 Å². The number of carbonyl (C=O) groups excluding carboxylic acids is 1. The summed E-state index contributed by atoms with van der Waals surface area (Å²) in [5, 5.41) is 52.4. The predicted molar refractivity (Wildman–Crippen MR) is 162 cm³/mol. The summed E-state index contributed by atoms with van der Waals surface area (Å²) in [5.74, 6) is -1.85. The summed E-state index contributed by atoms with van der Waals surface area (Å²) in [5.41, 5.74) is 2.39. The highest BCUT2D eigenvalue weighted by molar-refractivity contribution is 6.11. The van der Waals surface area contributed by atoms with Gasteiger partial charge in [0, 0.05) is 17.5 Å². The molecule has 0 unspecified atom stereocenters. The summed E-state index contributed by atoms with van der Waals surface area (Å²) < 4.78 is 5.34. The summed E-state index contributed by atoms with van der Waals surface area (Å²) in [6.07, 6.45) is 7.36. The van der Waals surface area contributed by atoms with Gasteiger partial charge in [0.15, 0.2) is 5.78 Å². The highest BCUT2D eigenvalue weighted by Crippen LogP contribution is 2.45. The predicted octanol–water partition coefficient (Wildman–Crippen LogP) is 6.49. The van der Waals surface area contributed by atoms with Crippen LogP contribution in [0.25, 0.3) is 6.08 Å². The van der Waals surface area contributed by atoms with Gasteiger partial charge in [-0.05, 0) is 66.3 Å². The molecule has 2 atom stereocenters. The van der Waals surface area contributed by atoms with E-state index in [1.165, 1.54) is 43.5 Å². The second-order valence-electron chi connectivity index (χ2n) is 9.94. The van der Waals surface area contributed by atoms with Gasteiger partial charge in [-0.1, -0.05) is 72.8 Å². The number of aliphatic hydroxyl groups excluding tert-OH is 1. The van der Waals surface area contributed by atoms with Crippen LogP contribution in [0, 0.1) is 0 Å². The maximum absolute atomic E-state index is 13.3.